The summed E-state index contributed by atoms with van der Waals surface area (Å²) >= 11 is 1.43. The number of nitrogens with one attached hydrogen (secondary N) is 1. The summed E-state index contributed by atoms with van der Waals surface area (Å²) in [6.45, 7) is 2.04. The van der Waals surface area contributed by atoms with E-state index in [4.69, 9.17) is 4.98 Å². The molecule has 3 heterocycles. The first-order valence-corrected chi connectivity index (χ1v) is 14.5. The number of aromatic carboxylic acids is 1. The van der Waals surface area contributed by atoms with Crippen molar-refractivity contribution in [1.29, 1.82) is 0 Å². The Balaban J connectivity index is 1.27. The number of rotatable bonds is 6. The Morgan fingerprint density at radius 2 is 1.87 bits per heavy atom. The SMILES string of the molecule is Cc1cc(Nc2cc(C3CCCCC3)ccn2)nc(-c2cnc([C@]3(O)CCCc4cc(C(=O)O)ccc43)s2)c1. The van der Waals surface area contributed by atoms with Gasteiger partial charge in [0.2, 0.25) is 0 Å². The van der Waals surface area contributed by atoms with E-state index in [1.54, 1.807) is 24.4 Å². The van der Waals surface area contributed by atoms with Crippen LogP contribution in [0.3, 0.4) is 0 Å². The van der Waals surface area contributed by atoms with Crippen molar-refractivity contribution in [2.24, 2.45) is 0 Å². The molecular formula is C31H32N4O3S. The van der Waals surface area contributed by atoms with Crippen LogP contribution in [0.2, 0.25) is 0 Å². The van der Waals surface area contributed by atoms with Crippen LogP contribution in [0.4, 0.5) is 11.6 Å². The number of nitrogens with zero attached hydrogens (tertiary/aromatic N) is 3. The quantitative estimate of drug-likeness (QED) is 0.242. The average molecular weight is 541 g/mol. The highest BCUT2D eigenvalue weighted by atomic mass is 32.1. The van der Waals surface area contributed by atoms with Crippen molar-refractivity contribution in [3.63, 3.8) is 0 Å². The number of benzene rings is 1. The summed E-state index contributed by atoms with van der Waals surface area (Å²) in [6, 6.07) is 13.3. The fourth-order valence-corrected chi connectivity index (χ4v) is 7.02. The minimum absolute atomic E-state index is 0.237. The van der Waals surface area contributed by atoms with Crippen LogP contribution in [0.1, 0.15) is 88.5 Å². The fraction of sp³-hybridized carbons (Fsp3) is 0.355. The van der Waals surface area contributed by atoms with Crippen molar-refractivity contribution in [1.82, 2.24) is 15.0 Å². The van der Waals surface area contributed by atoms with Crippen LogP contribution >= 0.6 is 11.3 Å². The van der Waals surface area contributed by atoms with Crippen molar-refractivity contribution in [3.05, 3.63) is 87.7 Å². The van der Waals surface area contributed by atoms with Crippen molar-refractivity contribution < 1.29 is 15.0 Å². The monoisotopic (exact) mass is 540 g/mol. The molecule has 2 aliphatic carbocycles. The summed E-state index contributed by atoms with van der Waals surface area (Å²) in [6.07, 6.45) is 12.1. The van der Waals surface area contributed by atoms with Crippen molar-refractivity contribution in [2.45, 2.75) is 69.8 Å². The third-order valence-electron chi connectivity index (χ3n) is 7.98. The maximum Gasteiger partial charge on any atom is 0.335 e. The first kappa shape index (κ1) is 25.6. The number of aliphatic hydroxyl groups is 1. The molecule has 0 spiro atoms. The summed E-state index contributed by atoms with van der Waals surface area (Å²) in [4.78, 5) is 26.4. The van der Waals surface area contributed by atoms with Gasteiger partial charge in [-0.2, -0.15) is 0 Å². The summed E-state index contributed by atoms with van der Waals surface area (Å²) in [5, 5.41) is 25.2. The molecule has 1 saturated carbocycles. The number of fused-ring (bicyclic) bond motifs is 1. The second kappa shape index (κ2) is 10.5. The number of thiazole rings is 1. The number of hydrogen-bond donors (Lipinski definition) is 3. The fourth-order valence-electron chi connectivity index (χ4n) is 6.01. The maximum absolute atomic E-state index is 11.8. The summed E-state index contributed by atoms with van der Waals surface area (Å²) in [5.41, 5.74) is 3.77. The van der Waals surface area contributed by atoms with Gasteiger partial charge in [0.15, 0.2) is 0 Å². The van der Waals surface area contributed by atoms with Gasteiger partial charge in [-0.05, 0) is 104 Å². The minimum atomic E-state index is -1.25. The standard InChI is InChI=1S/C31H32N4O3S/c1-19-14-25(34-28(15-19)35-27-17-21(11-13-32-27)20-6-3-2-4-7-20)26-18-33-30(39-26)31(38)12-5-8-22-16-23(29(36)37)9-10-24(22)31/h9-11,13-18,20,38H,2-8,12H2,1H3,(H,36,37)(H,32,34,35)/t31-/m0/s1. The maximum atomic E-state index is 11.8. The smallest absolute Gasteiger partial charge is 0.335 e. The first-order chi connectivity index (χ1) is 18.9. The van der Waals surface area contributed by atoms with Crippen LogP contribution in [0, 0.1) is 6.92 Å². The van der Waals surface area contributed by atoms with Crippen molar-refractivity contribution in [3.8, 4) is 10.6 Å². The molecule has 0 bridgehead atoms. The van der Waals surface area contributed by atoms with Crippen LogP contribution in [0.15, 0.2) is 54.9 Å². The third kappa shape index (κ3) is 5.18. The molecule has 3 aromatic heterocycles. The predicted octanol–water partition coefficient (Wildman–Crippen LogP) is 6.97. The number of carboxylic acid groups (broad SMARTS) is 1. The lowest BCUT2D eigenvalue weighted by Crippen LogP contribution is -2.32. The predicted molar refractivity (Wildman–Crippen MR) is 153 cm³/mol. The van der Waals surface area contributed by atoms with Gasteiger partial charge in [-0.1, -0.05) is 25.3 Å². The zero-order valence-electron chi connectivity index (χ0n) is 22.0. The molecule has 0 saturated heterocycles. The van der Waals surface area contributed by atoms with Crippen LogP contribution in [-0.4, -0.2) is 31.1 Å². The normalized spacial score (nSPS) is 19.4. The molecule has 200 valence electrons. The highest BCUT2D eigenvalue weighted by Gasteiger charge is 2.39. The van der Waals surface area contributed by atoms with E-state index >= 15 is 0 Å². The number of pyridine rings is 2. The molecule has 39 heavy (non-hydrogen) atoms. The molecule has 1 aromatic carbocycles. The van der Waals surface area contributed by atoms with Gasteiger partial charge in [0.25, 0.3) is 0 Å². The Hall–Kier alpha value is -3.62. The van der Waals surface area contributed by atoms with E-state index in [0.717, 1.165) is 51.7 Å². The summed E-state index contributed by atoms with van der Waals surface area (Å²) in [5.74, 6) is 1.15. The van der Waals surface area contributed by atoms with Crippen molar-refractivity contribution >= 4 is 28.9 Å². The number of anilines is 2. The molecule has 7 nitrogen and oxygen atoms in total. The van der Waals surface area contributed by atoms with E-state index in [1.165, 1.54) is 49.0 Å². The number of carbonyl (C=O) groups is 1. The van der Waals surface area contributed by atoms with Gasteiger partial charge in [0, 0.05) is 12.4 Å². The van der Waals surface area contributed by atoms with E-state index in [9.17, 15) is 15.0 Å². The molecule has 1 atom stereocenters. The van der Waals surface area contributed by atoms with Crippen LogP contribution < -0.4 is 5.32 Å². The molecule has 4 aromatic rings. The number of carboxylic acids is 1. The van der Waals surface area contributed by atoms with Gasteiger partial charge < -0.3 is 15.5 Å². The number of aromatic nitrogens is 3. The van der Waals surface area contributed by atoms with E-state index in [1.807, 2.05) is 25.3 Å². The Morgan fingerprint density at radius 1 is 1.03 bits per heavy atom. The zero-order valence-corrected chi connectivity index (χ0v) is 22.8. The molecule has 3 N–H and O–H groups in total. The van der Waals surface area contributed by atoms with E-state index < -0.39 is 11.6 Å². The Kier molecular flexibility index (Phi) is 6.91. The lowest BCUT2D eigenvalue weighted by molar-refractivity contribution is 0.0607. The lowest BCUT2D eigenvalue weighted by Gasteiger charge is -2.33. The van der Waals surface area contributed by atoms with Gasteiger partial charge in [-0.15, -0.1) is 11.3 Å². The third-order valence-corrected chi connectivity index (χ3v) is 9.15. The van der Waals surface area contributed by atoms with E-state index in [0.29, 0.717) is 17.3 Å². The van der Waals surface area contributed by atoms with Gasteiger partial charge in [0.05, 0.1) is 16.1 Å². The van der Waals surface area contributed by atoms with Crippen LogP contribution in [-0.2, 0) is 12.0 Å². The van der Waals surface area contributed by atoms with E-state index in [-0.39, 0.29) is 5.56 Å². The highest BCUT2D eigenvalue weighted by Crippen LogP contribution is 2.44. The Labute approximate surface area is 232 Å². The van der Waals surface area contributed by atoms with Gasteiger partial charge in [-0.25, -0.2) is 19.7 Å². The zero-order chi connectivity index (χ0) is 27.0. The van der Waals surface area contributed by atoms with E-state index in [2.05, 4.69) is 27.4 Å². The largest absolute Gasteiger partial charge is 0.478 e. The molecule has 0 radical (unpaired) electrons. The molecule has 0 amide bonds. The van der Waals surface area contributed by atoms with Gasteiger partial charge >= 0.3 is 5.97 Å². The summed E-state index contributed by atoms with van der Waals surface area (Å²) in [7, 11) is 0. The number of aryl methyl sites for hydroxylation is 2. The second-order valence-electron chi connectivity index (χ2n) is 10.8. The van der Waals surface area contributed by atoms with Crippen LogP contribution in [0.5, 0.6) is 0 Å². The van der Waals surface area contributed by atoms with Gasteiger partial charge in [0.1, 0.15) is 22.2 Å². The molecule has 0 aliphatic heterocycles. The Morgan fingerprint density at radius 3 is 2.69 bits per heavy atom. The Bertz CT molecular complexity index is 1530. The first-order valence-electron chi connectivity index (χ1n) is 13.7. The highest BCUT2D eigenvalue weighted by molar-refractivity contribution is 7.15. The molecule has 0 unspecified atom stereocenters. The average Bonchev–Trinajstić information content (AvgIpc) is 3.45. The molecule has 8 heteroatoms. The minimum Gasteiger partial charge on any atom is -0.478 e. The van der Waals surface area contributed by atoms with Gasteiger partial charge in [-0.3, -0.25) is 0 Å². The topological polar surface area (TPSA) is 108 Å². The summed E-state index contributed by atoms with van der Waals surface area (Å²) < 4.78 is 0. The van der Waals surface area contributed by atoms with Crippen LogP contribution in [0.25, 0.3) is 10.6 Å². The lowest BCUT2D eigenvalue weighted by atomic mass is 9.79. The molecule has 2 aliphatic rings. The molecular weight excluding hydrogens is 508 g/mol. The second-order valence-corrected chi connectivity index (χ2v) is 11.8. The number of hydrogen-bond acceptors (Lipinski definition) is 7. The molecule has 1 fully saturated rings. The molecule has 6 rings (SSSR count). The van der Waals surface area contributed by atoms with Crippen molar-refractivity contribution in [2.75, 3.05) is 5.32 Å².